The second-order valence-electron chi connectivity index (χ2n) is 1.28. The van der Waals surface area contributed by atoms with Crippen LogP contribution in [0.2, 0.25) is 0 Å². The van der Waals surface area contributed by atoms with Crippen molar-refractivity contribution in [3.8, 4) is 0 Å². The number of rotatable bonds is 0. The molecule has 0 aliphatic rings. The summed E-state index contributed by atoms with van der Waals surface area (Å²) in [5.41, 5.74) is 0. The van der Waals surface area contributed by atoms with E-state index in [1.165, 1.54) is 0 Å². The molecule has 2 radical (unpaired) electrons. The van der Waals surface area contributed by atoms with Crippen molar-refractivity contribution in [2.24, 2.45) is 0 Å². The van der Waals surface area contributed by atoms with Crippen LogP contribution in [-0.2, 0) is 0 Å². The van der Waals surface area contributed by atoms with Gasteiger partial charge in [-0.2, -0.15) is 0 Å². The van der Waals surface area contributed by atoms with Crippen molar-refractivity contribution in [2.75, 3.05) is 0 Å². The Morgan fingerprint density at radius 2 is 1.62 bits per heavy atom. The molecule has 0 saturated carbocycles. The summed E-state index contributed by atoms with van der Waals surface area (Å²) in [4.78, 5) is 0. The molecule has 0 aromatic heterocycles. The predicted octanol–water partition coefficient (Wildman–Crippen LogP) is 1.57. The summed E-state index contributed by atoms with van der Waals surface area (Å²) < 4.78 is 23.7. The molecule has 0 aliphatic carbocycles. The monoisotopic (exact) mass is 112 g/mol. The second kappa shape index (κ2) is 1.90. The molecule has 0 aliphatic heterocycles. The fourth-order valence-corrected chi connectivity index (χ4v) is 0.348. The van der Waals surface area contributed by atoms with Gasteiger partial charge in [0.25, 0.3) is 0 Å². The lowest BCUT2D eigenvalue weighted by Crippen LogP contribution is -1.74. The van der Waals surface area contributed by atoms with Crippen LogP contribution < -0.4 is 0 Å². The molecule has 1 rings (SSSR count). The zero-order valence-electron chi connectivity index (χ0n) is 3.91. The molecular formula is C6H2F2. The maximum atomic E-state index is 11.9. The molecule has 40 valence electrons. The molecule has 0 nitrogen and oxygen atoms in total. The Morgan fingerprint density at radius 1 is 1.12 bits per heavy atom. The second-order valence-corrected chi connectivity index (χ2v) is 1.28. The lowest BCUT2D eigenvalue weighted by atomic mass is 10.3. The first-order valence-corrected chi connectivity index (χ1v) is 2.03. The van der Waals surface area contributed by atoms with Crippen LogP contribution in [0.3, 0.4) is 0 Å². The van der Waals surface area contributed by atoms with Crippen LogP contribution in [0, 0.1) is 23.8 Å². The highest BCUT2D eigenvalue weighted by Crippen LogP contribution is 1.96. The normalized spacial score (nSPS) is 9.25. The van der Waals surface area contributed by atoms with Crippen molar-refractivity contribution >= 4 is 0 Å². The van der Waals surface area contributed by atoms with Gasteiger partial charge >= 0.3 is 0 Å². The average molecular weight is 112 g/mol. The summed E-state index contributed by atoms with van der Waals surface area (Å²) in [5.74, 6) is -1.18. The minimum Gasteiger partial charge on any atom is -0.207 e. The van der Waals surface area contributed by atoms with Gasteiger partial charge in [0.2, 0.25) is 0 Å². The van der Waals surface area contributed by atoms with E-state index in [0.717, 1.165) is 12.1 Å². The number of halogens is 2. The van der Waals surface area contributed by atoms with Gasteiger partial charge in [-0.05, 0) is 12.1 Å². The zero-order chi connectivity index (χ0) is 5.98. The Hall–Kier alpha value is -0.920. The van der Waals surface area contributed by atoms with E-state index in [2.05, 4.69) is 0 Å². The molecule has 0 heterocycles. The Balaban J connectivity index is 3.03. The van der Waals surface area contributed by atoms with Gasteiger partial charge in [-0.25, -0.2) is 8.78 Å². The maximum absolute atomic E-state index is 11.9. The van der Waals surface area contributed by atoms with Gasteiger partial charge < -0.3 is 0 Å². The molecule has 0 N–H and O–H groups in total. The molecule has 2 heteroatoms. The topological polar surface area (TPSA) is 0 Å². The summed E-state index contributed by atoms with van der Waals surface area (Å²) in [5, 5.41) is 0. The molecule has 0 unspecified atom stereocenters. The summed E-state index contributed by atoms with van der Waals surface area (Å²) in [6, 6.07) is 5.85. The van der Waals surface area contributed by atoms with E-state index in [0.29, 0.717) is 0 Å². The van der Waals surface area contributed by atoms with E-state index >= 15 is 0 Å². The fraction of sp³-hybridized carbons (Fsp3) is 0. The first-order chi connectivity index (χ1) is 3.79. The predicted molar refractivity (Wildman–Crippen MR) is 24.0 cm³/mol. The Kier molecular flexibility index (Phi) is 1.24. The van der Waals surface area contributed by atoms with Crippen molar-refractivity contribution in [1.29, 1.82) is 0 Å². The minimum absolute atomic E-state index is 0.522. The van der Waals surface area contributed by atoms with E-state index in [1.54, 1.807) is 0 Å². The minimum atomic E-state index is -0.661. The smallest absolute Gasteiger partial charge is 0.139 e. The third kappa shape index (κ3) is 1.03. The van der Waals surface area contributed by atoms with Crippen molar-refractivity contribution in [2.45, 2.75) is 0 Å². The van der Waals surface area contributed by atoms with E-state index in [4.69, 9.17) is 0 Å². The molecule has 0 atom stereocenters. The van der Waals surface area contributed by atoms with Crippen molar-refractivity contribution in [3.05, 3.63) is 35.9 Å². The molecule has 0 fully saturated rings. The van der Waals surface area contributed by atoms with E-state index in [1.807, 2.05) is 12.1 Å². The van der Waals surface area contributed by atoms with Gasteiger partial charge in [-0.15, -0.1) is 0 Å². The Morgan fingerprint density at radius 3 is 2.00 bits per heavy atom. The third-order valence-corrected chi connectivity index (χ3v) is 0.674. The van der Waals surface area contributed by atoms with Gasteiger partial charge in [0, 0.05) is 12.1 Å². The standard InChI is InChI=1S/C6H2F2/c7-5-1-2-6(8)4-3-5/h1,3H. The zero-order valence-corrected chi connectivity index (χ0v) is 3.91. The summed E-state index contributed by atoms with van der Waals surface area (Å²) in [6.07, 6.45) is 0. The van der Waals surface area contributed by atoms with E-state index in [9.17, 15) is 8.78 Å². The number of hydrogen-bond donors (Lipinski definition) is 0. The van der Waals surface area contributed by atoms with E-state index < -0.39 is 11.6 Å². The quantitative estimate of drug-likeness (QED) is 0.477. The SMILES string of the molecule is Fc1[c]cc(F)c[c]1. The fourth-order valence-electron chi connectivity index (χ4n) is 0.348. The Labute approximate surface area is 45.8 Å². The van der Waals surface area contributed by atoms with Gasteiger partial charge in [0.05, 0.1) is 0 Å². The molecule has 0 amide bonds. The average Bonchev–Trinajstić information content (AvgIpc) is 1.77. The van der Waals surface area contributed by atoms with E-state index in [-0.39, 0.29) is 0 Å². The van der Waals surface area contributed by atoms with Gasteiger partial charge in [-0.1, -0.05) is 0 Å². The highest BCUT2D eigenvalue weighted by molar-refractivity contribution is 5.01. The lowest BCUT2D eigenvalue weighted by Gasteiger charge is -1.82. The Bertz CT molecular complexity index is 145. The molecule has 0 bridgehead atoms. The van der Waals surface area contributed by atoms with Crippen molar-refractivity contribution < 1.29 is 8.78 Å². The lowest BCUT2D eigenvalue weighted by molar-refractivity contribution is 0.596. The molecule has 0 saturated heterocycles. The van der Waals surface area contributed by atoms with Gasteiger partial charge in [-0.3, -0.25) is 0 Å². The summed E-state index contributed by atoms with van der Waals surface area (Å²) in [7, 11) is 0. The third-order valence-electron chi connectivity index (χ3n) is 0.674. The van der Waals surface area contributed by atoms with Gasteiger partial charge in [0.15, 0.2) is 0 Å². The highest BCUT2D eigenvalue weighted by atomic mass is 19.1. The maximum Gasteiger partial charge on any atom is 0.139 e. The molecule has 0 spiro atoms. The van der Waals surface area contributed by atoms with Crippen molar-refractivity contribution in [1.82, 2.24) is 0 Å². The van der Waals surface area contributed by atoms with Crippen LogP contribution in [0.5, 0.6) is 0 Å². The van der Waals surface area contributed by atoms with Crippen LogP contribution in [0.15, 0.2) is 12.1 Å². The summed E-state index contributed by atoms with van der Waals surface area (Å²) in [6.45, 7) is 0. The molecule has 1 aromatic carbocycles. The molecule has 1 aromatic rings. The van der Waals surface area contributed by atoms with Crippen molar-refractivity contribution in [3.63, 3.8) is 0 Å². The first-order valence-electron chi connectivity index (χ1n) is 2.03. The molecular weight excluding hydrogens is 110 g/mol. The number of benzene rings is 1. The van der Waals surface area contributed by atoms with Crippen LogP contribution in [0.4, 0.5) is 8.78 Å². The first kappa shape index (κ1) is 5.22. The van der Waals surface area contributed by atoms with Crippen LogP contribution >= 0.6 is 0 Å². The summed E-state index contributed by atoms with van der Waals surface area (Å²) >= 11 is 0. The van der Waals surface area contributed by atoms with Crippen LogP contribution in [0.1, 0.15) is 0 Å². The number of hydrogen-bond acceptors (Lipinski definition) is 0. The highest BCUT2D eigenvalue weighted by Gasteiger charge is 1.88. The molecule has 8 heavy (non-hydrogen) atoms. The van der Waals surface area contributed by atoms with Gasteiger partial charge in [0.1, 0.15) is 11.6 Å². The van der Waals surface area contributed by atoms with Crippen LogP contribution in [0.25, 0.3) is 0 Å². The van der Waals surface area contributed by atoms with Crippen LogP contribution in [-0.4, -0.2) is 0 Å². The largest absolute Gasteiger partial charge is 0.207 e.